The third-order valence-corrected chi connectivity index (χ3v) is 3.44. The van der Waals surface area contributed by atoms with E-state index >= 15 is 0 Å². The summed E-state index contributed by atoms with van der Waals surface area (Å²) in [5.41, 5.74) is 2.16. The van der Waals surface area contributed by atoms with Crippen molar-refractivity contribution in [2.24, 2.45) is 5.92 Å². The SMILES string of the molecule is CCN1CCC(CNc2cncc(NC)c2)C1. The first-order valence-electron chi connectivity index (χ1n) is 6.41. The Labute approximate surface area is 103 Å². The van der Waals surface area contributed by atoms with Crippen LogP contribution in [0.15, 0.2) is 18.5 Å². The van der Waals surface area contributed by atoms with Crippen molar-refractivity contribution >= 4 is 11.4 Å². The number of anilines is 2. The lowest BCUT2D eigenvalue weighted by Crippen LogP contribution is -2.22. The molecule has 0 radical (unpaired) electrons. The van der Waals surface area contributed by atoms with Crippen LogP contribution in [0.5, 0.6) is 0 Å². The molecule has 0 saturated carbocycles. The van der Waals surface area contributed by atoms with Crippen molar-refractivity contribution in [2.45, 2.75) is 13.3 Å². The van der Waals surface area contributed by atoms with Gasteiger partial charge in [-0.1, -0.05) is 6.92 Å². The number of hydrogen-bond acceptors (Lipinski definition) is 4. The van der Waals surface area contributed by atoms with Crippen LogP contribution in [0.2, 0.25) is 0 Å². The molecule has 4 heteroatoms. The third-order valence-electron chi connectivity index (χ3n) is 3.44. The monoisotopic (exact) mass is 234 g/mol. The van der Waals surface area contributed by atoms with Crippen molar-refractivity contribution in [2.75, 3.05) is 43.9 Å². The van der Waals surface area contributed by atoms with Gasteiger partial charge in [-0.3, -0.25) is 4.98 Å². The molecule has 2 rings (SSSR count). The fourth-order valence-corrected chi connectivity index (χ4v) is 2.30. The lowest BCUT2D eigenvalue weighted by molar-refractivity contribution is 0.345. The highest BCUT2D eigenvalue weighted by molar-refractivity contribution is 5.53. The number of rotatable bonds is 5. The Morgan fingerprint density at radius 2 is 2.24 bits per heavy atom. The predicted octanol–water partition coefficient (Wildman–Crippen LogP) is 1.88. The zero-order valence-electron chi connectivity index (χ0n) is 10.7. The van der Waals surface area contributed by atoms with Gasteiger partial charge >= 0.3 is 0 Å². The lowest BCUT2D eigenvalue weighted by atomic mass is 10.1. The van der Waals surface area contributed by atoms with E-state index in [0.29, 0.717) is 0 Å². The standard InChI is InChI=1S/C13H22N4/c1-3-17-5-4-11(10-17)7-16-13-6-12(14-2)8-15-9-13/h6,8-9,11,14,16H,3-5,7,10H2,1-2H3. The van der Waals surface area contributed by atoms with E-state index in [1.807, 2.05) is 19.4 Å². The van der Waals surface area contributed by atoms with Crippen molar-refractivity contribution < 1.29 is 0 Å². The molecule has 1 aromatic heterocycles. The average molecular weight is 234 g/mol. The molecule has 1 aliphatic heterocycles. The zero-order valence-corrected chi connectivity index (χ0v) is 10.7. The van der Waals surface area contributed by atoms with Gasteiger partial charge in [0, 0.05) is 20.1 Å². The molecule has 1 unspecified atom stereocenters. The van der Waals surface area contributed by atoms with Crippen LogP contribution in [-0.2, 0) is 0 Å². The van der Waals surface area contributed by atoms with Gasteiger partial charge in [0.2, 0.25) is 0 Å². The minimum Gasteiger partial charge on any atom is -0.387 e. The van der Waals surface area contributed by atoms with Gasteiger partial charge in [0.05, 0.1) is 23.8 Å². The second kappa shape index (κ2) is 5.87. The maximum Gasteiger partial charge on any atom is 0.0547 e. The van der Waals surface area contributed by atoms with Crippen LogP contribution < -0.4 is 10.6 Å². The Morgan fingerprint density at radius 3 is 2.94 bits per heavy atom. The summed E-state index contributed by atoms with van der Waals surface area (Å²) in [6.45, 7) is 6.93. The predicted molar refractivity (Wildman–Crippen MR) is 72.5 cm³/mol. The van der Waals surface area contributed by atoms with Gasteiger partial charge in [0.1, 0.15) is 0 Å². The summed E-state index contributed by atoms with van der Waals surface area (Å²) in [7, 11) is 1.91. The molecule has 2 heterocycles. The number of pyridine rings is 1. The van der Waals surface area contributed by atoms with E-state index in [0.717, 1.165) is 23.8 Å². The number of hydrogen-bond donors (Lipinski definition) is 2. The highest BCUT2D eigenvalue weighted by Gasteiger charge is 2.20. The summed E-state index contributed by atoms with van der Waals surface area (Å²) in [5.74, 6) is 0.771. The van der Waals surface area contributed by atoms with Gasteiger partial charge < -0.3 is 15.5 Å². The molecule has 94 valence electrons. The van der Waals surface area contributed by atoms with Crippen LogP contribution in [0.3, 0.4) is 0 Å². The fraction of sp³-hybridized carbons (Fsp3) is 0.615. The van der Waals surface area contributed by atoms with Gasteiger partial charge in [-0.25, -0.2) is 0 Å². The van der Waals surface area contributed by atoms with E-state index in [1.165, 1.54) is 26.1 Å². The first-order valence-corrected chi connectivity index (χ1v) is 6.41. The van der Waals surface area contributed by atoms with Crippen LogP contribution in [0, 0.1) is 5.92 Å². The number of nitrogens with one attached hydrogen (secondary N) is 2. The van der Waals surface area contributed by atoms with Crippen molar-refractivity contribution in [3.8, 4) is 0 Å². The first-order chi connectivity index (χ1) is 8.31. The Balaban J connectivity index is 1.81. The molecule has 1 fully saturated rings. The number of likely N-dealkylation sites (tertiary alicyclic amines) is 1. The van der Waals surface area contributed by atoms with Gasteiger partial charge in [-0.15, -0.1) is 0 Å². The summed E-state index contributed by atoms with van der Waals surface area (Å²) < 4.78 is 0. The van der Waals surface area contributed by atoms with E-state index in [1.54, 1.807) is 0 Å². The summed E-state index contributed by atoms with van der Waals surface area (Å²) in [6.07, 6.45) is 5.02. The van der Waals surface area contributed by atoms with Gasteiger partial charge in [0.25, 0.3) is 0 Å². The minimum atomic E-state index is 0.771. The van der Waals surface area contributed by atoms with Crippen LogP contribution in [0.25, 0.3) is 0 Å². The average Bonchev–Trinajstić information content (AvgIpc) is 2.84. The minimum absolute atomic E-state index is 0.771. The smallest absolute Gasteiger partial charge is 0.0547 e. The molecule has 4 nitrogen and oxygen atoms in total. The Hall–Kier alpha value is -1.29. The molecular formula is C13H22N4. The maximum absolute atomic E-state index is 4.20. The van der Waals surface area contributed by atoms with Crippen molar-refractivity contribution in [1.29, 1.82) is 0 Å². The van der Waals surface area contributed by atoms with E-state index in [-0.39, 0.29) is 0 Å². The summed E-state index contributed by atoms with van der Waals surface area (Å²) in [5, 5.41) is 6.58. The van der Waals surface area contributed by atoms with Crippen LogP contribution in [0.1, 0.15) is 13.3 Å². The van der Waals surface area contributed by atoms with Gasteiger partial charge in [-0.2, -0.15) is 0 Å². The van der Waals surface area contributed by atoms with E-state index in [9.17, 15) is 0 Å². The van der Waals surface area contributed by atoms with Crippen LogP contribution in [0.4, 0.5) is 11.4 Å². The number of nitrogens with zero attached hydrogens (tertiary/aromatic N) is 2. The highest BCUT2D eigenvalue weighted by Crippen LogP contribution is 2.18. The Bertz CT molecular complexity index is 353. The molecule has 0 spiro atoms. The molecule has 1 atom stereocenters. The second-order valence-corrected chi connectivity index (χ2v) is 4.64. The molecule has 0 aliphatic carbocycles. The summed E-state index contributed by atoms with van der Waals surface area (Å²) >= 11 is 0. The fourth-order valence-electron chi connectivity index (χ4n) is 2.30. The van der Waals surface area contributed by atoms with E-state index in [2.05, 4.69) is 33.5 Å². The van der Waals surface area contributed by atoms with Crippen molar-refractivity contribution in [1.82, 2.24) is 9.88 Å². The molecule has 17 heavy (non-hydrogen) atoms. The van der Waals surface area contributed by atoms with E-state index in [4.69, 9.17) is 0 Å². The second-order valence-electron chi connectivity index (χ2n) is 4.64. The van der Waals surface area contributed by atoms with Crippen LogP contribution >= 0.6 is 0 Å². The van der Waals surface area contributed by atoms with Crippen LogP contribution in [-0.4, -0.2) is 43.1 Å². The topological polar surface area (TPSA) is 40.2 Å². The summed E-state index contributed by atoms with van der Waals surface area (Å²) in [6, 6.07) is 2.10. The number of aromatic nitrogens is 1. The van der Waals surface area contributed by atoms with Crippen molar-refractivity contribution in [3.05, 3.63) is 18.5 Å². The Morgan fingerprint density at radius 1 is 1.41 bits per heavy atom. The third kappa shape index (κ3) is 3.33. The quantitative estimate of drug-likeness (QED) is 0.816. The van der Waals surface area contributed by atoms with E-state index < -0.39 is 0 Å². The van der Waals surface area contributed by atoms with Crippen molar-refractivity contribution in [3.63, 3.8) is 0 Å². The molecule has 1 aromatic rings. The zero-order chi connectivity index (χ0) is 12.1. The molecule has 0 aromatic carbocycles. The molecule has 0 bridgehead atoms. The van der Waals surface area contributed by atoms with Gasteiger partial charge in [0.15, 0.2) is 0 Å². The molecule has 1 aliphatic rings. The summed E-state index contributed by atoms with van der Waals surface area (Å²) in [4.78, 5) is 6.70. The lowest BCUT2D eigenvalue weighted by Gasteiger charge is -2.14. The first kappa shape index (κ1) is 12.2. The molecule has 2 N–H and O–H groups in total. The molecular weight excluding hydrogens is 212 g/mol. The van der Waals surface area contributed by atoms with Gasteiger partial charge in [-0.05, 0) is 31.5 Å². The largest absolute Gasteiger partial charge is 0.387 e. The maximum atomic E-state index is 4.20. The highest BCUT2D eigenvalue weighted by atomic mass is 15.1. The Kier molecular flexibility index (Phi) is 4.20. The molecule has 0 amide bonds. The molecule has 1 saturated heterocycles. The normalized spacial score (nSPS) is 20.5.